The van der Waals surface area contributed by atoms with E-state index in [0.29, 0.717) is 34.1 Å². The number of nitrogens with one attached hydrogen (secondary N) is 1. The van der Waals surface area contributed by atoms with Gasteiger partial charge in [-0.05, 0) is 47.5 Å². The maximum Gasteiger partial charge on any atom is 0.262 e. The van der Waals surface area contributed by atoms with Crippen LogP contribution in [0.3, 0.4) is 0 Å². The van der Waals surface area contributed by atoms with E-state index in [9.17, 15) is 15.3 Å². The van der Waals surface area contributed by atoms with Gasteiger partial charge in [0.05, 0.1) is 18.7 Å². The molecule has 0 bridgehead atoms. The highest BCUT2D eigenvalue weighted by Crippen LogP contribution is 2.32. The van der Waals surface area contributed by atoms with Gasteiger partial charge in [-0.15, -0.1) is 0 Å². The van der Waals surface area contributed by atoms with Gasteiger partial charge in [-0.1, -0.05) is 30.3 Å². The lowest BCUT2D eigenvalue weighted by molar-refractivity contribution is -0.117. The molecule has 1 aliphatic heterocycles. The van der Waals surface area contributed by atoms with E-state index >= 15 is 0 Å². The van der Waals surface area contributed by atoms with E-state index in [1.165, 1.54) is 13.2 Å². The van der Waals surface area contributed by atoms with Crippen LogP contribution in [0.15, 0.2) is 66.2 Å². The van der Waals surface area contributed by atoms with E-state index in [2.05, 4.69) is 11.4 Å². The minimum absolute atomic E-state index is 0.0515. The minimum Gasteiger partial charge on any atom is -0.493 e. The van der Waals surface area contributed by atoms with E-state index < -0.39 is 5.91 Å². The molecule has 0 saturated heterocycles. The molecular formula is C27H21N3O5. The highest BCUT2D eigenvalue weighted by molar-refractivity contribution is 6.01. The Kier molecular flexibility index (Phi) is 7.15. The third kappa shape index (κ3) is 5.52. The van der Waals surface area contributed by atoms with Crippen LogP contribution in [0.5, 0.6) is 23.0 Å². The van der Waals surface area contributed by atoms with Crippen molar-refractivity contribution in [2.45, 2.75) is 13.2 Å². The highest BCUT2D eigenvalue weighted by Gasteiger charge is 2.15. The maximum absolute atomic E-state index is 12.6. The minimum atomic E-state index is -0.502. The molecule has 1 heterocycles. The Morgan fingerprint density at radius 3 is 2.69 bits per heavy atom. The molecule has 0 spiro atoms. The summed E-state index contributed by atoms with van der Waals surface area (Å²) in [5, 5.41) is 21.5. The molecule has 0 radical (unpaired) electrons. The summed E-state index contributed by atoms with van der Waals surface area (Å²) in [6.45, 7) is 0.600. The standard InChI is InChI=1S/C27H21N3O5/c1-32-25-11-18(6-8-23(25)33-16-21-5-3-2-4-20(21)13-28)10-22(14-29)27(31)30-15-19-7-9-24-26(12-19)35-17-34-24/h2-12H,15-17H2,1H3,(H,30,31)/b22-10+. The van der Waals surface area contributed by atoms with Crippen LogP contribution in [0.4, 0.5) is 0 Å². The number of amides is 1. The van der Waals surface area contributed by atoms with Crippen molar-refractivity contribution in [2.24, 2.45) is 0 Å². The number of hydrogen-bond donors (Lipinski definition) is 1. The van der Waals surface area contributed by atoms with Crippen molar-refractivity contribution in [3.8, 4) is 35.1 Å². The van der Waals surface area contributed by atoms with E-state index in [1.54, 1.807) is 42.5 Å². The molecule has 8 nitrogen and oxygen atoms in total. The van der Waals surface area contributed by atoms with Gasteiger partial charge in [-0.3, -0.25) is 4.79 Å². The number of nitrogens with zero attached hydrogens (tertiary/aromatic N) is 2. The number of carbonyl (C=O) groups is 1. The fourth-order valence-corrected chi connectivity index (χ4v) is 3.45. The largest absolute Gasteiger partial charge is 0.493 e. The number of nitriles is 2. The molecule has 0 aliphatic carbocycles. The molecule has 35 heavy (non-hydrogen) atoms. The van der Waals surface area contributed by atoms with Crippen molar-refractivity contribution in [2.75, 3.05) is 13.9 Å². The van der Waals surface area contributed by atoms with Crippen LogP contribution in [0.2, 0.25) is 0 Å². The number of carbonyl (C=O) groups excluding carboxylic acids is 1. The Morgan fingerprint density at radius 2 is 1.89 bits per heavy atom. The average Bonchev–Trinajstić information content (AvgIpc) is 3.37. The molecule has 0 saturated carbocycles. The first-order valence-electron chi connectivity index (χ1n) is 10.7. The van der Waals surface area contributed by atoms with Crippen LogP contribution in [-0.2, 0) is 17.9 Å². The van der Waals surface area contributed by atoms with Gasteiger partial charge in [0.2, 0.25) is 6.79 Å². The lowest BCUT2D eigenvalue weighted by Crippen LogP contribution is -2.23. The molecule has 1 amide bonds. The number of hydrogen-bond acceptors (Lipinski definition) is 7. The van der Waals surface area contributed by atoms with Crippen molar-refractivity contribution < 1.29 is 23.7 Å². The molecular weight excluding hydrogens is 446 g/mol. The van der Waals surface area contributed by atoms with Gasteiger partial charge >= 0.3 is 0 Å². The molecule has 174 valence electrons. The second kappa shape index (κ2) is 10.8. The Balaban J connectivity index is 1.43. The maximum atomic E-state index is 12.6. The summed E-state index contributed by atoms with van der Waals surface area (Å²) in [7, 11) is 1.50. The second-order valence-electron chi connectivity index (χ2n) is 7.51. The second-order valence-corrected chi connectivity index (χ2v) is 7.51. The van der Waals surface area contributed by atoms with E-state index in [4.69, 9.17) is 18.9 Å². The molecule has 0 atom stereocenters. The molecule has 0 fully saturated rings. The Hall–Kier alpha value is -4.95. The summed E-state index contributed by atoms with van der Waals surface area (Å²) < 4.78 is 21.9. The highest BCUT2D eigenvalue weighted by atomic mass is 16.7. The molecule has 4 rings (SSSR count). The van der Waals surface area contributed by atoms with Crippen LogP contribution < -0.4 is 24.3 Å². The number of methoxy groups -OCH3 is 1. The van der Waals surface area contributed by atoms with Crippen LogP contribution in [0, 0.1) is 22.7 Å². The summed E-state index contributed by atoms with van der Waals surface area (Å²) in [5.74, 6) is 1.69. The Labute approximate surface area is 202 Å². The van der Waals surface area contributed by atoms with Gasteiger partial charge in [0.25, 0.3) is 5.91 Å². The predicted octanol–water partition coefficient (Wildman–Crippen LogP) is 4.10. The van der Waals surface area contributed by atoms with Crippen molar-refractivity contribution >= 4 is 12.0 Å². The molecule has 3 aromatic carbocycles. The summed E-state index contributed by atoms with van der Waals surface area (Å²) >= 11 is 0. The zero-order valence-corrected chi connectivity index (χ0v) is 18.9. The summed E-state index contributed by atoms with van der Waals surface area (Å²) in [5.41, 5.74) is 2.66. The van der Waals surface area contributed by atoms with Crippen LogP contribution >= 0.6 is 0 Å². The smallest absolute Gasteiger partial charge is 0.262 e. The first-order valence-corrected chi connectivity index (χ1v) is 10.7. The number of ether oxygens (including phenoxy) is 4. The normalized spacial score (nSPS) is 11.8. The molecule has 3 aromatic rings. The van der Waals surface area contributed by atoms with Crippen LogP contribution in [-0.4, -0.2) is 19.8 Å². The van der Waals surface area contributed by atoms with Crippen molar-refractivity contribution in [3.05, 3.63) is 88.5 Å². The lowest BCUT2D eigenvalue weighted by atomic mass is 10.1. The molecule has 1 aliphatic rings. The Morgan fingerprint density at radius 1 is 1.06 bits per heavy atom. The third-order valence-electron chi connectivity index (χ3n) is 5.27. The summed E-state index contributed by atoms with van der Waals surface area (Å²) in [6, 6.07) is 21.7. The van der Waals surface area contributed by atoms with E-state index in [-0.39, 0.29) is 25.5 Å². The lowest BCUT2D eigenvalue weighted by Gasteiger charge is -2.12. The van der Waals surface area contributed by atoms with Gasteiger partial charge in [0.15, 0.2) is 23.0 Å². The fraction of sp³-hybridized carbons (Fsp3) is 0.148. The van der Waals surface area contributed by atoms with Crippen LogP contribution in [0.1, 0.15) is 22.3 Å². The number of benzene rings is 3. The summed E-state index contributed by atoms with van der Waals surface area (Å²) in [6.07, 6.45) is 1.48. The topological polar surface area (TPSA) is 114 Å². The predicted molar refractivity (Wildman–Crippen MR) is 126 cm³/mol. The zero-order chi connectivity index (χ0) is 24.6. The number of rotatable bonds is 8. The van der Waals surface area contributed by atoms with Gasteiger partial charge in [-0.2, -0.15) is 10.5 Å². The zero-order valence-electron chi connectivity index (χ0n) is 18.9. The van der Waals surface area contributed by atoms with Gasteiger partial charge in [0, 0.05) is 12.1 Å². The van der Waals surface area contributed by atoms with Gasteiger partial charge < -0.3 is 24.3 Å². The van der Waals surface area contributed by atoms with Gasteiger partial charge in [0.1, 0.15) is 18.2 Å². The van der Waals surface area contributed by atoms with Crippen molar-refractivity contribution in [1.29, 1.82) is 10.5 Å². The first-order chi connectivity index (χ1) is 17.1. The van der Waals surface area contributed by atoms with Crippen molar-refractivity contribution in [3.63, 3.8) is 0 Å². The van der Waals surface area contributed by atoms with E-state index in [0.717, 1.165) is 11.1 Å². The average molecular weight is 467 g/mol. The van der Waals surface area contributed by atoms with E-state index in [1.807, 2.05) is 24.3 Å². The SMILES string of the molecule is COc1cc(/C=C(\C#N)C(=O)NCc2ccc3c(c2)OCO3)ccc1OCc1ccccc1C#N. The molecule has 0 unspecified atom stereocenters. The van der Waals surface area contributed by atoms with Gasteiger partial charge in [-0.25, -0.2) is 0 Å². The van der Waals surface area contributed by atoms with Crippen LogP contribution in [0.25, 0.3) is 6.08 Å². The van der Waals surface area contributed by atoms with Crippen molar-refractivity contribution in [1.82, 2.24) is 5.32 Å². The molecule has 8 heteroatoms. The monoisotopic (exact) mass is 467 g/mol. The Bertz CT molecular complexity index is 1370. The molecule has 1 N–H and O–H groups in total. The quantitative estimate of drug-likeness (QED) is 0.392. The molecule has 0 aromatic heterocycles. The summed E-state index contributed by atoms with van der Waals surface area (Å²) in [4.78, 5) is 12.6. The number of fused-ring (bicyclic) bond motifs is 1. The first kappa shape index (κ1) is 23.2. The third-order valence-corrected chi connectivity index (χ3v) is 5.27. The fourth-order valence-electron chi connectivity index (χ4n) is 3.45.